The predicted octanol–water partition coefficient (Wildman–Crippen LogP) is 4.43. The van der Waals surface area contributed by atoms with Gasteiger partial charge in [-0.05, 0) is 67.3 Å². The van der Waals surface area contributed by atoms with Crippen LogP contribution in [-0.4, -0.2) is 80.7 Å². The van der Waals surface area contributed by atoms with Crippen LogP contribution < -0.4 is 10.2 Å². The number of carbonyl (C=O) groups is 1. The maximum atomic E-state index is 11.4. The first-order valence-corrected chi connectivity index (χ1v) is 14.9. The quantitative estimate of drug-likeness (QED) is 0.474. The lowest BCUT2D eigenvalue weighted by atomic mass is 9.77. The summed E-state index contributed by atoms with van der Waals surface area (Å²) in [5, 5.41) is 12.1. The van der Waals surface area contributed by atoms with Crippen LogP contribution in [-0.2, 0) is 13.0 Å². The third-order valence-electron chi connectivity index (χ3n) is 9.22. The number of aryl methyl sites for hydroxylation is 1. The molecule has 5 heterocycles. The van der Waals surface area contributed by atoms with Gasteiger partial charge in [0.15, 0.2) is 0 Å². The van der Waals surface area contributed by atoms with Gasteiger partial charge in [0, 0.05) is 57.7 Å². The number of pyridine rings is 2. The second kappa shape index (κ2) is 11.0. The predicted molar refractivity (Wildman–Crippen MR) is 157 cm³/mol. The van der Waals surface area contributed by atoms with E-state index in [4.69, 9.17) is 9.97 Å². The molecule has 0 aromatic carbocycles. The molecule has 3 atom stereocenters. The number of anilines is 1. The number of hydrogen-bond donors (Lipinski definition) is 2. The Bertz CT molecular complexity index is 1340. The highest BCUT2D eigenvalue weighted by atomic mass is 16.4. The molecule has 9 heteroatoms. The van der Waals surface area contributed by atoms with E-state index >= 15 is 0 Å². The zero-order valence-corrected chi connectivity index (χ0v) is 24.1. The minimum atomic E-state index is -0.954. The highest BCUT2D eigenvalue weighted by molar-refractivity contribution is 5.65. The van der Waals surface area contributed by atoms with Crippen LogP contribution in [0.15, 0.2) is 42.7 Å². The van der Waals surface area contributed by atoms with E-state index in [9.17, 15) is 9.90 Å². The van der Waals surface area contributed by atoms with Crippen LogP contribution >= 0.6 is 0 Å². The number of fused-ring (bicyclic) bond motifs is 4. The number of piperidine rings is 1. The van der Waals surface area contributed by atoms with Crippen molar-refractivity contribution >= 4 is 17.6 Å². The Kier molecular flexibility index (Phi) is 7.44. The highest BCUT2D eigenvalue weighted by Crippen LogP contribution is 2.43. The fraction of sp³-hybridized carbons (Fsp3) is 0.581. The monoisotopic (exact) mass is 545 g/mol. The van der Waals surface area contributed by atoms with Crippen molar-refractivity contribution in [3.05, 3.63) is 59.7 Å². The standard InChI is InChI=1S/C31H43N7O2/c1-31(2,3)25(34-30(39)40)21-35-15-17-36(18-16-35)27-10-4-9-26-33-24(20-38(26)27)19-37-14-6-8-23-12-11-22-7-5-13-32-28(22)29(23)37/h4-5,7,9-10,13,20,23,25,29,34H,6,8,11-12,14-19,21H2,1-3H3,(H,39,40). The van der Waals surface area contributed by atoms with Crippen molar-refractivity contribution < 1.29 is 9.90 Å². The van der Waals surface area contributed by atoms with Gasteiger partial charge in [0.05, 0.1) is 17.4 Å². The molecule has 3 aliphatic rings. The second-order valence-electron chi connectivity index (χ2n) is 12.9. The Balaban J connectivity index is 1.16. The van der Waals surface area contributed by atoms with E-state index in [1.54, 1.807) is 0 Å². The second-order valence-corrected chi connectivity index (χ2v) is 12.9. The molecule has 1 amide bonds. The Morgan fingerprint density at radius 3 is 2.70 bits per heavy atom. The summed E-state index contributed by atoms with van der Waals surface area (Å²) < 4.78 is 2.25. The van der Waals surface area contributed by atoms with Crippen molar-refractivity contribution in [2.75, 3.05) is 44.2 Å². The topological polar surface area (TPSA) is 89.2 Å². The summed E-state index contributed by atoms with van der Waals surface area (Å²) in [6, 6.07) is 11.0. The van der Waals surface area contributed by atoms with Crippen molar-refractivity contribution in [1.29, 1.82) is 0 Å². The molecule has 214 valence electrons. The Labute approximate surface area is 237 Å². The molecule has 3 unspecified atom stereocenters. The van der Waals surface area contributed by atoms with Gasteiger partial charge < -0.3 is 15.3 Å². The fourth-order valence-electron chi connectivity index (χ4n) is 6.99. The van der Waals surface area contributed by atoms with E-state index < -0.39 is 6.09 Å². The largest absolute Gasteiger partial charge is 0.465 e. The summed E-state index contributed by atoms with van der Waals surface area (Å²) >= 11 is 0. The molecule has 3 aromatic heterocycles. The molecule has 2 aliphatic heterocycles. The fourth-order valence-corrected chi connectivity index (χ4v) is 6.99. The molecule has 0 spiro atoms. The van der Waals surface area contributed by atoms with Crippen LogP contribution in [0.25, 0.3) is 5.65 Å². The van der Waals surface area contributed by atoms with Crippen LogP contribution in [0, 0.1) is 11.3 Å². The van der Waals surface area contributed by atoms with Gasteiger partial charge in [0.2, 0.25) is 0 Å². The molecule has 9 nitrogen and oxygen atoms in total. The van der Waals surface area contributed by atoms with E-state index in [-0.39, 0.29) is 11.5 Å². The Morgan fingerprint density at radius 2 is 1.93 bits per heavy atom. The first kappa shape index (κ1) is 27.0. The summed E-state index contributed by atoms with van der Waals surface area (Å²) in [5.41, 5.74) is 4.66. The molecule has 6 rings (SSSR count). The van der Waals surface area contributed by atoms with Gasteiger partial charge in [-0.3, -0.25) is 19.2 Å². The third-order valence-corrected chi connectivity index (χ3v) is 9.22. The van der Waals surface area contributed by atoms with Crippen molar-refractivity contribution in [3.63, 3.8) is 0 Å². The number of likely N-dealkylation sites (tertiary alicyclic amines) is 1. The Morgan fingerprint density at radius 1 is 1.10 bits per heavy atom. The summed E-state index contributed by atoms with van der Waals surface area (Å²) in [6.45, 7) is 12.5. The number of carboxylic acid groups (broad SMARTS) is 1. The third kappa shape index (κ3) is 5.54. The van der Waals surface area contributed by atoms with Crippen molar-refractivity contribution in [2.24, 2.45) is 11.3 Å². The molecule has 2 N–H and O–H groups in total. The number of aromatic nitrogens is 3. The maximum Gasteiger partial charge on any atom is 0.404 e. The first-order valence-electron chi connectivity index (χ1n) is 14.9. The summed E-state index contributed by atoms with van der Waals surface area (Å²) in [5.74, 6) is 1.86. The van der Waals surface area contributed by atoms with Crippen LogP contribution in [0.4, 0.5) is 10.6 Å². The van der Waals surface area contributed by atoms with Gasteiger partial charge >= 0.3 is 6.09 Å². The molecule has 2 saturated heterocycles. The lowest BCUT2D eigenvalue weighted by Gasteiger charge is -2.44. The lowest BCUT2D eigenvalue weighted by molar-refractivity contribution is 0.0687. The van der Waals surface area contributed by atoms with Crippen LogP contribution in [0.2, 0.25) is 0 Å². The van der Waals surface area contributed by atoms with Gasteiger partial charge in [-0.25, -0.2) is 9.78 Å². The van der Waals surface area contributed by atoms with Gasteiger partial charge in [-0.15, -0.1) is 0 Å². The minimum absolute atomic E-state index is 0.114. The van der Waals surface area contributed by atoms with Crippen molar-refractivity contribution in [3.8, 4) is 0 Å². The van der Waals surface area contributed by atoms with Crippen LogP contribution in [0.5, 0.6) is 0 Å². The first-order chi connectivity index (χ1) is 19.3. The zero-order valence-electron chi connectivity index (χ0n) is 24.1. The smallest absolute Gasteiger partial charge is 0.404 e. The van der Waals surface area contributed by atoms with Crippen LogP contribution in [0.1, 0.15) is 63.0 Å². The number of nitrogens with zero attached hydrogens (tertiary/aromatic N) is 6. The lowest BCUT2D eigenvalue weighted by Crippen LogP contribution is -2.55. The molecule has 0 bridgehead atoms. The number of rotatable bonds is 6. The highest BCUT2D eigenvalue weighted by Gasteiger charge is 2.38. The minimum Gasteiger partial charge on any atom is -0.465 e. The molecule has 2 fully saturated rings. The molecular weight excluding hydrogens is 502 g/mol. The number of imidazole rings is 1. The maximum absolute atomic E-state index is 11.4. The molecule has 0 radical (unpaired) electrons. The van der Waals surface area contributed by atoms with Crippen molar-refractivity contribution in [1.82, 2.24) is 29.5 Å². The van der Waals surface area contributed by atoms with Gasteiger partial charge in [-0.2, -0.15) is 0 Å². The molecular formula is C31H43N7O2. The molecule has 0 saturated carbocycles. The van der Waals surface area contributed by atoms with E-state index in [2.05, 4.69) is 81.7 Å². The van der Waals surface area contributed by atoms with E-state index in [1.807, 2.05) is 6.20 Å². The number of nitrogens with one attached hydrogen (secondary N) is 1. The summed E-state index contributed by atoms with van der Waals surface area (Å²) in [7, 11) is 0. The summed E-state index contributed by atoms with van der Waals surface area (Å²) in [4.78, 5) is 28.7. The van der Waals surface area contributed by atoms with E-state index in [0.29, 0.717) is 12.0 Å². The van der Waals surface area contributed by atoms with Gasteiger partial charge in [-0.1, -0.05) is 32.9 Å². The average Bonchev–Trinajstić information content (AvgIpc) is 3.35. The molecule has 40 heavy (non-hydrogen) atoms. The average molecular weight is 546 g/mol. The molecule has 1 aliphatic carbocycles. The number of amides is 1. The van der Waals surface area contributed by atoms with Gasteiger partial charge in [0.1, 0.15) is 11.5 Å². The number of hydrogen-bond acceptors (Lipinski definition) is 6. The van der Waals surface area contributed by atoms with E-state index in [0.717, 1.165) is 63.6 Å². The number of piperazine rings is 1. The normalized spacial score (nSPS) is 23.0. The zero-order chi connectivity index (χ0) is 27.9. The van der Waals surface area contributed by atoms with E-state index in [1.165, 1.54) is 36.3 Å². The SMILES string of the molecule is CC(C)(C)C(CN1CCN(c2cccc3nc(CN4CCCC5CCc6cccnc6C54)cn23)CC1)NC(=O)O. The van der Waals surface area contributed by atoms with Gasteiger partial charge in [0.25, 0.3) is 0 Å². The summed E-state index contributed by atoms with van der Waals surface area (Å²) in [6.07, 6.45) is 8.17. The van der Waals surface area contributed by atoms with Crippen molar-refractivity contribution in [2.45, 2.75) is 65.1 Å². The van der Waals surface area contributed by atoms with Crippen LogP contribution in [0.3, 0.4) is 0 Å². The molecule has 3 aromatic rings. The Hall–Kier alpha value is -3.17.